The number of amides is 2. The molecule has 2 heterocycles. The predicted octanol–water partition coefficient (Wildman–Crippen LogP) is 5.10. The minimum atomic E-state index is -0.590. The Bertz CT molecular complexity index is 1280. The number of aliphatic imine (C=N–C) groups is 1. The Hall–Kier alpha value is -3.40. The molecule has 0 spiro atoms. The molecule has 1 aliphatic rings. The molecular weight excluding hydrogens is 506 g/mol. The van der Waals surface area contributed by atoms with E-state index in [0.717, 1.165) is 24.0 Å². The lowest BCUT2D eigenvalue weighted by atomic mass is 10.1. The number of nitrogens with one attached hydrogen (secondary N) is 2. The molecule has 1 aliphatic heterocycles. The molecule has 0 unspecified atom stereocenters. The van der Waals surface area contributed by atoms with Gasteiger partial charge >= 0.3 is 6.03 Å². The zero-order chi connectivity index (χ0) is 26.9. The Balaban J connectivity index is 1.51. The second-order valence-corrected chi connectivity index (χ2v) is 9.57. The number of nitrogens with zero attached hydrogens (tertiary/aromatic N) is 3. The first kappa shape index (κ1) is 27.6. The van der Waals surface area contributed by atoms with Crippen LogP contribution in [0.25, 0.3) is 10.9 Å². The number of urea groups is 1. The number of aliphatic hydroxyl groups is 1. The predicted molar refractivity (Wildman–Crippen MR) is 151 cm³/mol. The van der Waals surface area contributed by atoms with E-state index in [-0.39, 0.29) is 12.6 Å². The number of hydrogen-bond acceptors (Lipinski definition) is 7. The summed E-state index contributed by atoms with van der Waals surface area (Å²) in [5.74, 6) is 1.68. The summed E-state index contributed by atoms with van der Waals surface area (Å²) in [6.45, 7) is 5.16. The lowest BCUT2D eigenvalue weighted by molar-refractivity contribution is 0.0617. The summed E-state index contributed by atoms with van der Waals surface area (Å²) in [6.07, 6.45) is 6.39. The Morgan fingerprint density at radius 3 is 2.76 bits per heavy atom. The van der Waals surface area contributed by atoms with E-state index in [9.17, 15) is 9.90 Å². The normalized spacial score (nSPS) is 14.9. The van der Waals surface area contributed by atoms with Crippen LogP contribution in [0.1, 0.15) is 31.7 Å². The fraction of sp³-hybridized carbons (Fsp3) is 0.393. The van der Waals surface area contributed by atoms with Gasteiger partial charge in [-0.05, 0) is 57.1 Å². The van der Waals surface area contributed by atoms with Gasteiger partial charge in [-0.2, -0.15) is 0 Å². The lowest BCUT2D eigenvalue weighted by Crippen LogP contribution is -2.38. The third-order valence-corrected chi connectivity index (χ3v) is 6.52. The third-order valence-electron chi connectivity index (χ3n) is 6.20. The first-order valence-corrected chi connectivity index (χ1v) is 13.2. The summed E-state index contributed by atoms with van der Waals surface area (Å²) in [7, 11) is 1.69. The number of halogens is 1. The third kappa shape index (κ3) is 7.34. The van der Waals surface area contributed by atoms with E-state index in [2.05, 4.69) is 25.5 Å². The molecule has 0 bridgehead atoms. The van der Waals surface area contributed by atoms with E-state index in [0.29, 0.717) is 46.6 Å². The Kier molecular flexibility index (Phi) is 9.75. The molecule has 202 valence electrons. The lowest BCUT2D eigenvalue weighted by Gasteiger charge is -2.28. The zero-order valence-electron chi connectivity index (χ0n) is 21.7. The van der Waals surface area contributed by atoms with E-state index >= 15 is 0 Å². The molecule has 1 fully saturated rings. The Morgan fingerprint density at radius 1 is 1.21 bits per heavy atom. The molecule has 9 nitrogen and oxygen atoms in total. The number of benzene rings is 2. The van der Waals surface area contributed by atoms with Crippen molar-refractivity contribution in [3.63, 3.8) is 0 Å². The number of carbonyl (C=O) groups excluding carboxylic acids is 1. The SMILES string of the molecule is CCNC(=O)Nc1ccc(Oc2ccnc3cc(OC[C@H](O)CN4CCCCC4)c(C=NC)cc23)cc1Cl. The highest BCUT2D eigenvalue weighted by Crippen LogP contribution is 2.35. The van der Waals surface area contributed by atoms with Crippen molar-refractivity contribution in [2.45, 2.75) is 32.3 Å². The number of rotatable bonds is 10. The van der Waals surface area contributed by atoms with Crippen molar-refractivity contribution >= 4 is 40.4 Å². The topological polar surface area (TPSA) is 108 Å². The van der Waals surface area contributed by atoms with Crippen LogP contribution in [0.3, 0.4) is 0 Å². The molecule has 1 saturated heterocycles. The molecule has 2 amide bonds. The molecule has 0 saturated carbocycles. The van der Waals surface area contributed by atoms with Crippen LogP contribution in [0.4, 0.5) is 10.5 Å². The molecule has 10 heteroatoms. The monoisotopic (exact) mass is 539 g/mol. The van der Waals surface area contributed by atoms with Crippen molar-refractivity contribution < 1.29 is 19.4 Å². The van der Waals surface area contributed by atoms with E-state index in [4.69, 9.17) is 21.1 Å². The molecular formula is C28H34ClN5O4. The quantitative estimate of drug-likeness (QED) is 0.309. The van der Waals surface area contributed by atoms with Gasteiger partial charge in [-0.25, -0.2) is 4.79 Å². The molecule has 0 aliphatic carbocycles. The highest BCUT2D eigenvalue weighted by atomic mass is 35.5. The smallest absolute Gasteiger partial charge is 0.319 e. The fourth-order valence-corrected chi connectivity index (χ4v) is 4.63. The van der Waals surface area contributed by atoms with E-state index in [1.807, 2.05) is 19.1 Å². The fourth-order valence-electron chi connectivity index (χ4n) is 4.41. The van der Waals surface area contributed by atoms with Gasteiger partial charge in [0.15, 0.2) is 0 Å². The summed E-state index contributed by atoms with van der Waals surface area (Å²) < 4.78 is 12.2. The molecule has 1 aromatic heterocycles. The average Bonchev–Trinajstić information content (AvgIpc) is 2.90. The van der Waals surface area contributed by atoms with Gasteiger partial charge in [0.1, 0.15) is 30.0 Å². The number of ether oxygens (including phenoxy) is 2. The largest absolute Gasteiger partial charge is 0.490 e. The molecule has 3 N–H and O–H groups in total. The second kappa shape index (κ2) is 13.4. The Morgan fingerprint density at radius 2 is 2.03 bits per heavy atom. The number of carbonyl (C=O) groups is 1. The van der Waals surface area contributed by atoms with Crippen LogP contribution < -0.4 is 20.1 Å². The summed E-state index contributed by atoms with van der Waals surface area (Å²) >= 11 is 6.37. The second-order valence-electron chi connectivity index (χ2n) is 9.16. The first-order chi connectivity index (χ1) is 18.5. The number of pyridine rings is 1. The van der Waals surface area contributed by atoms with Crippen molar-refractivity contribution in [2.24, 2.45) is 4.99 Å². The number of aliphatic hydroxyl groups excluding tert-OH is 1. The van der Waals surface area contributed by atoms with Crippen molar-refractivity contribution in [3.8, 4) is 17.2 Å². The maximum atomic E-state index is 11.8. The van der Waals surface area contributed by atoms with Gasteiger partial charge < -0.3 is 30.1 Å². The average molecular weight is 540 g/mol. The maximum absolute atomic E-state index is 11.8. The summed E-state index contributed by atoms with van der Waals surface area (Å²) in [5.41, 5.74) is 1.91. The molecule has 2 aromatic carbocycles. The number of aromatic nitrogens is 1. The zero-order valence-corrected chi connectivity index (χ0v) is 22.5. The van der Waals surface area contributed by atoms with E-state index in [1.165, 1.54) is 19.3 Å². The van der Waals surface area contributed by atoms with Gasteiger partial charge in [0.05, 0.1) is 16.2 Å². The minimum absolute atomic E-state index is 0.178. The van der Waals surface area contributed by atoms with Crippen LogP contribution in [0, 0.1) is 0 Å². The van der Waals surface area contributed by atoms with Gasteiger partial charge in [0.25, 0.3) is 0 Å². The van der Waals surface area contributed by atoms with Gasteiger partial charge in [0, 0.05) is 55.6 Å². The van der Waals surface area contributed by atoms with Crippen molar-refractivity contribution in [2.75, 3.05) is 45.2 Å². The van der Waals surface area contributed by atoms with Crippen molar-refractivity contribution in [1.29, 1.82) is 0 Å². The first-order valence-electron chi connectivity index (χ1n) is 12.9. The maximum Gasteiger partial charge on any atom is 0.319 e. The van der Waals surface area contributed by atoms with E-state index in [1.54, 1.807) is 43.7 Å². The van der Waals surface area contributed by atoms with E-state index < -0.39 is 6.10 Å². The van der Waals surface area contributed by atoms with Crippen LogP contribution in [-0.2, 0) is 0 Å². The van der Waals surface area contributed by atoms with Crippen LogP contribution in [-0.4, -0.2) is 73.2 Å². The summed E-state index contributed by atoms with van der Waals surface area (Å²) in [6, 6.07) is 10.2. The standard InChI is InChI=1S/C28H34ClN5O4/c1-3-31-28(36)33-24-8-7-21(14-23(24)29)38-26-9-10-32-25-15-27(19(16-30-2)13-22(25)26)37-18-20(35)17-34-11-5-4-6-12-34/h7-10,13-16,20,35H,3-6,11-12,17-18H2,1-2H3,(H2,31,33,36)/t20-/m1/s1. The summed E-state index contributed by atoms with van der Waals surface area (Å²) in [5, 5.41) is 17.0. The van der Waals surface area contributed by atoms with Gasteiger partial charge in [-0.1, -0.05) is 18.0 Å². The van der Waals surface area contributed by atoms with Gasteiger partial charge in [0.2, 0.25) is 0 Å². The molecule has 38 heavy (non-hydrogen) atoms. The molecule has 3 aromatic rings. The van der Waals surface area contributed by atoms with Crippen molar-refractivity contribution in [3.05, 3.63) is 53.2 Å². The number of fused-ring (bicyclic) bond motifs is 1. The number of anilines is 1. The number of hydrogen-bond donors (Lipinski definition) is 3. The van der Waals surface area contributed by atoms with Crippen LogP contribution in [0.15, 0.2) is 47.6 Å². The molecule has 0 radical (unpaired) electrons. The van der Waals surface area contributed by atoms with Crippen LogP contribution in [0.2, 0.25) is 5.02 Å². The number of β-amino-alcohol motifs (C(OH)–C–C–N with tert-alkyl or cyclic N) is 1. The highest BCUT2D eigenvalue weighted by molar-refractivity contribution is 6.33. The molecule has 4 rings (SSSR count). The number of likely N-dealkylation sites (tertiary alicyclic amines) is 1. The van der Waals surface area contributed by atoms with Gasteiger partial charge in [-0.3, -0.25) is 9.98 Å². The van der Waals surface area contributed by atoms with Crippen LogP contribution in [0.5, 0.6) is 17.2 Å². The minimum Gasteiger partial charge on any atom is -0.490 e. The number of piperidine rings is 1. The molecule has 1 atom stereocenters. The Labute approximate surface area is 227 Å². The highest BCUT2D eigenvalue weighted by Gasteiger charge is 2.17. The van der Waals surface area contributed by atoms with Gasteiger partial charge in [-0.15, -0.1) is 0 Å². The summed E-state index contributed by atoms with van der Waals surface area (Å²) in [4.78, 5) is 22.8. The van der Waals surface area contributed by atoms with Crippen molar-refractivity contribution in [1.82, 2.24) is 15.2 Å². The van der Waals surface area contributed by atoms with Crippen LogP contribution >= 0.6 is 11.6 Å².